The van der Waals surface area contributed by atoms with E-state index < -0.39 is 0 Å². The maximum atomic E-state index is 11.4. The lowest BCUT2D eigenvalue weighted by molar-refractivity contribution is -0.120. The highest BCUT2D eigenvalue weighted by molar-refractivity contribution is 5.85. The second-order valence-electron chi connectivity index (χ2n) is 4.25. The number of carbonyl (C=O) groups is 1. The summed E-state index contributed by atoms with van der Waals surface area (Å²) < 4.78 is 4.88. The third kappa shape index (κ3) is 8.11. The number of rotatable bonds is 7. The molecule has 0 spiro atoms. The van der Waals surface area contributed by atoms with Crippen LogP contribution in [0.2, 0.25) is 0 Å². The van der Waals surface area contributed by atoms with Crippen molar-refractivity contribution in [1.82, 2.24) is 15.5 Å². The summed E-state index contributed by atoms with van der Waals surface area (Å²) in [4.78, 5) is 13.7. The molecule has 0 aromatic carbocycles. The summed E-state index contributed by atoms with van der Waals surface area (Å²) in [5.74, 6) is 0.0661. The van der Waals surface area contributed by atoms with E-state index in [-0.39, 0.29) is 30.7 Å². The van der Waals surface area contributed by atoms with E-state index in [1.54, 1.807) is 7.11 Å². The van der Waals surface area contributed by atoms with Crippen LogP contribution in [0.15, 0.2) is 0 Å². The van der Waals surface area contributed by atoms with Crippen LogP contribution in [0.1, 0.15) is 12.8 Å². The van der Waals surface area contributed by atoms with Crippen molar-refractivity contribution in [3.05, 3.63) is 0 Å². The Labute approximate surface area is 122 Å². The molecule has 18 heavy (non-hydrogen) atoms. The Morgan fingerprint density at radius 3 is 2.72 bits per heavy atom. The molecule has 110 valence electrons. The van der Waals surface area contributed by atoms with Crippen molar-refractivity contribution in [2.45, 2.75) is 18.9 Å². The van der Waals surface area contributed by atoms with Crippen molar-refractivity contribution < 1.29 is 9.53 Å². The highest BCUT2D eigenvalue weighted by atomic mass is 35.5. The van der Waals surface area contributed by atoms with Crippen LogP contribution in [0.5, 0.6) is 0 Å². The fraction of sp³-hybridized carbons (Fsp3) is 0.909. The molecule has 1 saturated heterocycles. The van der Waals surface area contributed by atoms with Gasteiger partial charge in [-0.25, -0.2) is 0 Å². The molecule has 0 aliphatic carbocycles. The highest BCUT2D eigenvalue weighted by Crippen LogP contribution is 2.13. The third-order valence-corrected chi connectivity index (χ3v) is 2.97. The van der Waals surface area contributed by atoms with Crippen LogP contribution in [0.4, 0.5) is 0 Å². The molecule has 0 bridgehead atoms. The molecule has 0 aromatic heterocycles. The summed E-state index contributed by atoms with van der Waals surface area (Å²) >= 11 is 0. The molecular formula is C11H25Cl2N3O2. The first-order chi connectivity index (χ1) is 7.74. The first kappa shape index (κ1) is 20.3. The number of carbonyl (C=O) groups excluding carboxylic acids is 1. The van der Waals surface area contributed by atoms with Gasteiger partial charge >= 0.3 is 0 Å². The minimum absolute atomic E-state index is 0. The number of amides is 1. The zero-order valence-corrected chi connectivity index (χ0v) is 12.7. The Bertz CT molecular complexity index is 220. The number of hydrogen-bond acceptors (Lipinski definition) is 4. The fourth-order valence-electron chi connectivity index (χ4n) is 1.91. The average molecular weight is 302 g/mol. The van der Waals surface area contributed by atoms with Gasteiger partial charge in [-0.3, -0.25) is 4.79 Å². The van der Waals surface area contributed by atoms with Gasteiger partial charge in [-0.2, -0.15) is 0 Å². The van der Waals surface area contributed by atoms with Gasteiger partial charge in [0.2, 0.25) is 5.91 Å². The van der Waals surface area contributed by atoms with Crippen molar-refractivity contribution in [2.75, 3.05) is 46.9 Å². The molecule has 1 heterocycles. The van der Waals surface area contributed by atoms with E-state index in [4.69, 9.17) is 4.74 Å². The number of likely N-dealkylation sites (N-methyl/N-ethyl adjacent to an activating group) is 1. The Morgan fingerprint density at radius 1 is 1.44 bits per heavy atom. The summed E-state index contributed by atoms with van der Waals surface area (Å²) in [6, 6.07) is 0.517. The largest absolute Gasteiger partial charge is 0.383 e. The van der Waals surface area contributed by atoms with Crippen molar-refractivity contribution in [3.8, 4) is 0 Å². The summed E-state index contributed by atoms with van der Waals surface area (Å²) in [5.41, 5.74) is 0. The van der Waals surface area contributed by atoms with Crippen molar-refractivity contribution in [2.24, 2.45) is 0 Å². The maximum absolute atomic E-state index is 11.4. The van der Waals surface area contributed by atoms with E-state index in [1.807, 2.05) is 0 Å². The van der Waals surface area contributed by atoms with Gasteiger partial charge in [0, 0.05) is 26.2 Å². The van der Waals surface area contributed by atoms with Gasteiger partial charge in [-0.05, 0) is 26.4 Å². The SMILES string of the molecule is COCCNCC(=O)NCC1CCCN1C.Cl.Cl. The number of nitrogens with one attached hydrogen (secondary N) is 2. The average Bonchev–Trinajstić information content (AvgIpc) is 2.67. The van der Waals surface area contributed by atoms with Gasteiger partial charge in [-0.1, -0.05) is 0 Å². The van der Waals surface area contributed by atoms with Crippen LogP contribution in [-0.2, 0) is 9.53 Å². The van der Waals surface area contributed by atoms with E-state index in [0.29, 0.717) is 25.7 Å². The Kier molecular flexibility index (Phi) is 13.5. The summed E-state index contributed by atoms with van der Waals surface area (Å²) in [6.45, 7) is 3.64. The van der Waals surface area contributed by atoms with Crippen molar-refractivity contribution in [3.63, 3.8) is 0 Å². The molecule has 1 fully saturated rings. The Hall–Kier alpha value is -0.0700. The van der Waals surface area contributed by atoms with Crippen LogP contribution in [0, 0.1) is 0 Å². The lowest BCUT2D eigenvalue weighted by atomic mass is 10.2. The van der Waals surface area contributed by atoms with Crippen LogP contribution in [-0.4, -0.2) is 63.8 Å². The lowest BCUT2D eigenvalue weighted by Gasteiger charge is -2.19. The van der Waals surface area contributed by atoms with Crippen molar-refractivity contribution >= 4 is 30.7 Å². The van der Waals surface area contributed by atoms with Crippen LogP contribution < -0.4 is 10.6 Å². The molecule has 1 aliphatic heterocycles. The first-order valence-electron chi connectivity index (χ1n) is 5.90. The number of hydrogen-bond donors (Lipinski definition) is 2. The molecule has 0 aromatic rings. The topological polar surface area (TPSA) is 53.6 Å². The number of ether oxygens (including phenoxy) is 1. The lowest BCUT2D eigenvalue weighted by Crippen LogP contribution is -2.42. The fourth-order valence-corrected chi connectivity index (χ4v) is 1.91. The summed E-state index contributed by atoms with van der Waals surface area (Å²) in [6.07, 6.45) is 2.43. The molecule has 1 aliphatic rings. The second-order valence-corrected chi connectivity index (χ2v) is 4.25. The van der Waals surface area contributed by atoms with E-state index in [0.717, 1.165) is 13.1 Å². The smallest absolute Gasteiger partial charge is 0.234 e. The number of methoxy groups -OCH3 is 1. The molecule has 1 atom stereocenters. The van der Waals surface area contributed by atoms with Crippen molar-refractivity contribution in [1.29, 1.82) is 0 Å². The molecule has 0 radical (unpaired) electrons. The predicted molar refractivity (Wildman–Crippen MR) is 77.9 cm³/mol. The molecular weight excluding hydrogens is 277 g/mol. The Balaban J connectivity index is 0. The van der Waals surface area contributed by atoms with Gasteiger partial charge in [0.25, 0.3) is 0 Å². The summed E-state index contributed by atoms with van der Waals surface area (Å²) in [5, 5.41) is 5.97. The maximum Gasteiger partial charge on any atom is 0.234 e. The minimum Gasteiger partial charge on any atom is -0.383 e. The zero-order chi connectivity index (χ0) is 11.8. The van der Waals surface area contributed by atoms with E-state index >= 15 is 0 Å². The standard InChI is InChI=1S/C11H23N3O2.2ClH/c1-14-6-3-4-10(14)8-13-11(15)9-12-5-7-16-2;;/h10,12H,3-9H2,1-2H3,(H,13,15);2*1H. The van der Waals surface area contributed by atoms with Gasteiger partial charge < -0.3 is 20.3 Å². The monoisotopic (exact) mass is 301 g/mol. The van der Waals surface area contributed by atoms with Crippen LogP contribution in [0.3, 0.4) is 0 Å². The van der Waals surface area contributed by atoms with E-state index in [2.05, 4.69) is 22.6 Å². The summed E-state index contributed by atoms with van der Waals surface area (Å²) in [7, 11) is 3.76. The Morgan fingerprint density at radius 2 is 2.17 bits per heavy atom. The first-order valence-corrected chi connectivity index (χ1v) is 5.90. The second kappa shape index (κ2) is 12.0. The predicted octanol–water partition coefficient (Wildman–Crippen LogP) is 0.276. The normalized spacial score (nSPS) is 18.9. The molecule has 7 heteroatoms. The minimum atomic E-state index is 0. The number of nitrogens with zero attached hydrogens (tertiary/aromatic N) is 1. The van der Waals surface area contributed by atoms with E-state index in [9.17, 15) is 4.79 Å². The quantitative estimate of drug-likeness (QED) is 0.663. The van der Waals surface area contributed by atoms with Gasteiger partial charge in [0.1, 0.15) is 0 Å². The molecule has 1 rings (SSSR count). The van der Waals surface area contributed by atoms with E-state index in [1.165, 1.54) is 12.8 Å². The van der Waals surface area contributed by atoms with Crippen LogP contribution in [0.25, 0.3) is 0 Å². The molecule has 1 amide bonds. The van der Waals surface area contributed by atoms with Gasteiger partial charge in [0.05, 0.1) is 13.2 Å². The van der Waals surface area contributed by atoms with Gasteiger partial charge in [-0.15, -0.1) is 24.8 Å². The number of halogens is 2. The number of likely N-dealkylation sites (tertiary alicyclic amines) is 1. The molecule has 1 unspecified atom stereocenters. The van der Waals surface area contributed by atoms with Gasteiger partial charge in [0.15, 0.2) is 0 Å². The zero-order valence-electron chi connectivity index (χ0n) is 11.1. The molecule has 5 nitrogen and oxygen atoms in total. The molecule has 0 saturated carbocycles. The third-order valence-electron chi connectivity index (χ3n) is 2.97. The van der Waals surface area contributed by atoms with Crippen LogP contribution >= 0.6 is 24.8 Å². The molecule has 2 N–H and O–H groups in total. The highest BCUT2D eigenvalue weighted by Gasteiger charge is 2.20.